The zero-order chi connectivity index (χ0) is 8.55. The minimum Gasteiger partial charge on any atom is -0.275 e. The number of fused-ring (bicyclic) bond motifs is 1. The molecule has 0 spiro atoms. The molecule has 2 aromatic rings. The fourth-order valence-corrected chi connectivity index (χ4v) is 1.95. The third-order valence-corrected chi connectivity index (χ3v) is 2.70. The summed E-state index contributed by atoms with van der Waals surface area (Å²) in [6, 6.07) is 6.30. The lowest BCUT2D eigenvalue weighted by Gasteiger charge is -1.94. The Morgan fingerprint density at radius 1 is 1.50 bits per heavy atom. The summed E-state index contributed by atoms with van der Waals surface area (Å²) in [4.78, 5) is 0. The Bertz CT molecular complexity index is 406. The van der Waals surface area contributed by atoms with Crippen LogP contribution in [-0.2, 0) is 11.5 Å². The summed E-state index contributed by atoms with van der Waals surface area (Å²) in [5.74, 6) is 0. The first-order valence-electron chi connectivity index (χ1n) is 3.78. The predicted octanol–water partition coefficient (Wildman–Crippen LogP) is 2.51. The number of aromatic nitrogens is 2. The van der Waals surface area contributed by atoms with E-state index in [2.05, 4.69) is 45.9 Å². The summed E-state index contributed by atoms with van der Waals surface area (Å²) in [6.07, 6.45) is 2.05. The highest BCUT2D eigenvalue weighted by Gasteiger charge is 2.01. The van der Waals surface area contributed by atoms with Gasteiger partial charge < -0.3 is 0 Å². The average Bonchev–Trinajstić information content (AvgIpc) is 2.44. The number of alkyl halides is 1. The quantitative estimate of drug-likeness (QED) is 0.576. The van der Waals surface area contributed by atoms with Crippen molar-refractivity contribution in [2.75, 3.05) is 0 Å². The van der Waals surface area contributed by atoms with E-state index in [0.717, 1.165) is 9.94 Å². The van der Waals surface area contributed by atoms with Gasteiger partial charge in [0.05, 0.1) is 5.52 Å². The van der Waals surface area contributed by atoms with Crippen LogP contribution in [0.15, 0.2) is 24.4 Å². The molecule has 0 aliphatic heterocycles. The molecule has 0 unspecified atom stereocenters. The molecule has 0 radical (unpaired) electrons. The third kappa shape index (κ3) is 1.22. The standard InChI is InChI=1S/C9H9IN2/c1-12-6-8-4-2-3-7(5-10)9(8)11-12/h2-4,6H,5H2,1H3. The molecule has 0 atom stereocenters. The molecule has 2 rings (SSSR count). The van der Waals surface area contributed by atoms with Crippen molar-refractivity contribution in [2.24, 2.45) is 7.05 Å². The first-order valence-corrected chi connectivity index (χ1v) is 5.31. The molecule has 2 nitrogen and oxygen atoms in total. The summed E-state index contributed by atoms with van der Waals surface area (Å²) in [5, 5.41) is 5.62. The van der Waals surface area contributed by atoms with Crippen molar-refractivity contribution in [3.05, 3.63) is 30.0 Å². The van der Waals surface area contributed by atoms with Gasteiger partial charge in [-0.3, -0.25) is 4.68 Å². The molecule has 0 fully saturated rings. The smallest absolute Gasteiger partial charge is 0.0962 e. The zero-order valence-electron chi connectivity index (χ0n) is 6.79. The van der Waals surface area contributed by atoms with E-state index in [9.17, 15) is 0 Å². The Balaban J connectivity index is 2.78. The van der Waals surface area contributed by atoms with Crippen molar-refractivity contribution in [1.82, 2.24) is 9.78 Å². The molecule has 1 aromatic heterocycles. The van der Waals surface area contributed by atoms with Crippen LogP contribution in [0.5, 0.6) is 0 Å². The van der Waals surface area contributed by atoms with Gasteiger partial charge in [0.15, 0.2) is 0 Å². The average molecular weight is 272 g/mol. The molecule has 0 saturated heterocycles. The van der Waals surface area contributed by atoms with Gasteiger partial charge in [0.2, 0.25) is 0 Å². The molecule has 62 valence electrons. The van der Waals surface area contributed by atoms with Crippen molar-refractivity contribution < 1.29 is 0 Å². The minimum absolute atomic E-state index is 1.02. The second kappa shape index (κ2) is 3.05. The van der Waals surface area contributed by atoms with E-state index in [4.69, 9.17) is 0 Å². The van der Waals surface area contributed by atoms with Gasteiger partial charge in [-0.2, -0.15) is 5.10 Å². The Hall–Kier alpha value is -0.580. The largest absolute Gasteiger partial charge is 0.275 e. The summed E-state index contributed by atoms with van der Waals surface area (Å²) in [5.41, 5.74) is 2.45. The van der Waals surface area contributed by atoms with Gasteiger partial charge in [0.1, 0.15) is 0 Å². The summed E-state index contributed by atoms with van der Waals surface area (Å²) in [6.45, 7) is 0. The molecule has 3 heteroatoms. The Morgan fingerprint density at radius 2 is 2.33 bits per heavy atom. The molecule has 0 aliphatic carbocycles. The predicted molar refractivity (Wildman–Crippen MR) is 58.4 cm³/mol. The first kappa shape index (κ1) is 8.04. The van der Waals surface area contributed by atoms with Crippen molar-refractivity contribution in [1.29, 1.82) is 0 Å². The van der Waals surface area contributed by atoms with Gasteiger partial charge in [-0.1, -0.05) is 40.8 Å². The number of nitrogens with zero attached hydrogens (tertiary/aromatic N) is 2. The Kier molecular flexibility index (Phi) is 2.04. The van der Waals surface area contributed by atoms with E-state index in [1.165, 1.54) is 10.9 Å². The maximum absolute atomic E-state index is 4.40. The van der Waals surface area contributed by atoms with Crippen molar-refractivity contribution in [2.45, 2.75) is 4.43 Å². The monoisotopic (exact) mass is 272 g/mol. The lowest BCUT2D eigenvalue weighted by molar-refractivity contribution is 0.779. The SMILES string of the molecule is Cn1cc2cccc(CI)c2n1. The van der Waals surface area contributed by atoms with Crippen LogP contribution in [0.3, 0.4) is 0 Å². The molecule has 0 bridgehead atoms. The van der Waals surface area contributed by atoms with Gasteiger partial charge in [0, 0.05) is 23.1 Å². The van der Waals surface area contributed by atoms with Crippen LogP contribution >= 0.6 is 22.6 Å². The van der Waals surface area contributed by atoms with E-state index in [1.807, 2.05) is 17.9 Å². The highest BCUT2D eigenvalue weighted by Crippen LogP contribution is 2.18. The van der Waals surface area contributed by atoms with Gasteiger partial charge in [-0.05, 0) is 5.56 Å². The molecule has 0 N–H and O–H groups in total. The molecular weight excluding hydrogens is 263 g/mol. The van der Waals surface area contributed by atoms with E-state index >= 15 is 0 Å². The molecule has 0 saturated carbocycles. The van der Waals surface area contributed by atoms with E-state index in [1.54, 1.807) is 0 Å². The Labute approximate surface area is 84.7 Å². The molecule has 12 heavy (non-hydrogen) atoms. The lowest BCUT2D eigenvalue weighted by atomic mass is 10.2. The van der Waals surface area contributed by atoms with Gasteiger partial charge >= 0.3 is 0 Å². The maximum Gasteiger partial charge on any atom is 0.0962 e. The molecule has 1 aromatic carbocycles. The van der Waals surface area contributed by atoms with Crippen molar-refractivity contribution in [3.63, 3.8) is 0 Å². The zero-order valence-corrected chi connectivity index (χ0v) is 8.95. The third-order valence-electron chi connectivity index (χ3n) is 1.88. The summed E-state index contributed by atoms with van der Waals surface area (Å²) >= 11 is 2.36. The molecule has 1 heterocycles. The number of hydrogen-bond donors (Lipinski definition) is 0. The summed E-state index contributed by atoms with van der Waals surface area (Å²) < 4.78 is 2.88. The molecule has 0 aliphatic rings. The first-order chi connectivity index (χ1) is 5.81. The van der Waals surface area contributed by atoms with E-state index in [0.29, 0.717) is 0 Å². The van der Waals surface area contributed by atoms with Crippen molar-refractivity contribution in [3.8, 4) is 0 Å². The second-order valence-electron chi connectivity index (χ2n) is 2.79. The van der Waals surface area contributed by atoms with Crippen LogP contribution in [0.25, 0.3) is 10.9 Å². The van der Waals surface area contributed by atoms with Crippen LogP contribution in [0.2, 0.25) is 0 Å². The van der Waals surface area contributed by atoms with Crippen molar-refractivity contribution >= 4 is 33.5 Å². The number of aryl methyl sites for hydroxylation is 1. The minimum atomic E-state index is 1.02. The highest BCUT2D eigenvalue weighted by atomic mass is 127. The number of halogens is 1. The van der Waals surface area contributed by atoms with E-state index in [-0.39, 0.29) is 0 Å². The van der Waals surface area contributed by atoms with Crippen LogP contribution < -0.4 is 0 Å². The Morgan fingerprint density at radius 3 is 3.08 bits per heavy atom. The van der Waals surface area contributed by atoms with Crippen LogP contribution in [-0.4, -0.2) is 9.78 Å². The fraction of sp³-hybridized carbons (Fsp3) is 0.222. The van der Waals surface area contributed by atoms with E-state index < -0.39 is 0 Å². The van der Waals surface area contributed by atoms with Crippen LogP contribution in [0.4, 0.5) is 0 Å². The van der Waals surface area contributed by atoms with Crippen LogP contribution in [0.1, 0.15) is 5.56 Å². The maximum atomic E-state index is 4.40. The number of rotatable bonds is 1. The van der Waals surface area contributed by atoms with Crippen LogP contribution in [0, 0.1) is 0 Å². The second-order valence-corrected chi connectivity index (χ2v) is 3.55. The normalized spacial score (nSPS) is 10.8. The fourth-order valence-electron chi connectivity index (χ4n) is 1.33. The topological polar surface area (TPSA) is 17.8 Å². The number of hydrogen-bond acceptors (Lipinski definition) is 1. The van der Waals surface area contributed by atoms with Gasteiger partial charge in [-0.15, -0.1) is 0 Å². The van der Waals surface area contributed by atoms with Gasteiger partial charge in [-0.25, -0.2) is 0 Å². The highest BCUT2D eigenvalue weighted by molar-refractivity contribution is 14.1. The summed E-state index contributed by atoms with van der Waals surface area (Å²) in [7, 11) is 1.96. The number of benzene rings is 1. The molecule has 0 amide bonds. The molecular formula is C9H9IN2. The lowest BCUT2D eigenvalue weighted by Crippen LogP contribution is -1.86. The van der Waals surface area contributed by atoms with Gasteiger partial charge in [0.25, 0.3) is 0 Å².